The van der Waals surface area contributed by atoms with Gasteiger partial charge in [-0.2, -0.15) is 0 Å². The predicted octanol–water partition coefficient (Wildman–Crippen LogP) is 3.00. The van der Waals surface area contributed by atoms with Gasteiger partial charge >= 0.3 is 0 Å². The Labute approximate surface area is 163 Å². The first-order valence-corrected chi connectivity index (χ1v) is 9.18. The Bertz CT molecular complexity index is 805. The topological polar surface area (TPSA) is 79.2 Å². The number of halogens is 1. The lowest BCUT2D eigenvalue weighted by Gasteiger charge is -2.37. The molecule has 2 aromatic carbocycles. The molecular weight excluding hydrogens is 368 g/mol. The van der Waals surface area contributed by atoms with E-state index in [4.69, 9.17) is 21.1 Å². The molecular formula is C21H23ClO5. The maximum Gasteiger partial charge on any atom is 0.152 e. The van der Waals surface area contributed by atoms with Crippen LogP contribution in [0.25, 0.3) is 0 Å². The Kier molecular flexibility index (Phi) is 6.07. The normalized spacial score (nSPS) is 25.1. The van der Waals surface area contributed by atoms with Gasteiger partial charge in [-0.05, 0) is 48.2 Å². The summed E-state index contributed by atoms with van der Waals surface area (Å²) in [5, 5.41) is 30.6. The molecule has 0 spiro atoms. The van der Waals surface area contributed by atoms with Crippen molar-refractivity contribution < 1.29 is 24.8 Å². The van der Waals surface area contributed by atoms with Gasteiger partial charge in [-0.3, -0.25) is 0 Å². The van der Waals surface area contributed by atoms with Crippen LogP contribution < -0.4 is 4.74 Å². The lowest BCUT2D eigenvalue weighted by Crippen LogP contribution is -2.47. The third kappa shape index (κ3) is 4.28. The van der Waals surface area contributed by atoms with Crippen LogP contribution in [0.4, 0.5) is 0 Å². The van der Waals surface area contributed by atoms with Crippen LogP contribution in [0.3, 0.4) is 0 Å². The van der Waals surface area contributed by atoms with Gasteiger partial charge in [0.25, 0.3) is 0 Å². The standard InChI is InChI=1S/C21H23ClO5/c1-3-26-16-7-4-13(5-8-16)10-15-11-14(6-9-17(15)22)21-20(25)19(24)18(23)12(2)27-21/h4-9,11,18-21,23-25H,2-3,10H2,1H3/t18?,19?,20-,21+/m1/s1. The van der Waals surface area contributed by atoms with Crippen molar-refractivity contribution >= 4 is 11.6 Å². The molecule has 2 aromatic rings. The summed E-state index contributed by atoms with van der Waals surface area (Å²) >= 11 is 6.35. The number of benzene rings is 2. The summed E-state index contributed by atoms with van der Waals surface area (Å²) in [4.78, 5) is 0. The molecule has 27 heavy (non-hydrogen) atoms. The third-order valence-corrected chi connectivity index (χ3v) is 4.99. The Morgan fingerprint density at radius 3 is 2.44 bits per heavy atom. The van der Waals surface area contributed by atoms with Crippen molar-refractivity contribution in [3.05, 3.63) is 76.5 Å². The molecule has 0 saturated carbocycles. The van der Waals surface area contributed by atoms with E-state index in [2.05, 4.69) is 6.58 Å². The Morgan fingerprint density at radius 2 is 1.78 bits per heavy atom. The first-order valence-electron chi connectivity index (χ1n) is 8.80. The first kappa shape index (κ1) is 19.7. The minimum absolute atomic E-state index is 0.0285. The van der Waals surface area contributed by atoms with Gasteiger partial charge in [0.2, 0.25) is 0 Å². The Hall–Kier alpha value is -2.05. The molecule has 6 heteroatoms. The van der Waals surface area contributed by atoms with E-state index in [-0.39, 0.29) is 5.76 Å². The molecule has 1 heterocycles. The van der Waals surface area contributed by atoms with Crippen LogP contribution in [0.5, 0.6) is 5.75 Å². The van der Waals surface area contributed by atoms with E-state index in [1.165, 1.54) is 0 Å². The molecule has 3 rings (SSSR count). The lowest BCUT2D eigenvalue weighted by atomic mass is 9.92. The fraction of sp³-hybridized carbons (Fsp3) is 0.333. The zero-order chi connectivity index (χ0) is 19.6. The van der Waals surface area contributed by atoms with E-state index in [0.717, 1.165) is 16.9 Å². The van der Waals surface area contributed by atoms with Crippen LogP contribution in [0.2, 0.25) is 5.02 Å². The molecule has 0 aromatic heterocycles. The molecule has 1 saturated heterocycles. The summed E-state index contributed by atoms with van der Waals surface area (Å²) in [6, 6.07) is 13.1. The Morgan fingerprint density at radius 1 is 1.07 bits per heavy atom. The third-order valence-electron chi connectivity index (χ3n) is 4.62. The summed E-state index contributed by atoms with van der Waals surface area (Å²) in [6.45, 7) is 6.16. The van der Waals surface area contributed by atoms with Crippen LogP contribution in [0.15, 0.2) is 54.8 Å². The number of hydrogen-bond donors (Lipinski definition) is 3. The summed E-state index contributed by atoms with van der Waals surface area (Å²) in [7, 11) is 0. The van der Waals surface area contributed by atoms with Crippen molar-refractivity contribution in [3.63, 3.8) is 0 Å². The van der Waals surface area contributed by atoms with E-state index >= 15 is 0 Å². The smallest absolute Gasteiger partial charge is 0.152 e. The molecule has 0 radical (unpaired) electrons. The number of aliphatic hydroxyl groups is 3. The predicted molar refractivity (Wildman–Crippen MR) is 103 cm³/mol. The fourth-order valence-corrected chi connectivity index (χ4v) is 3.31. The highest BCUT2D eigenvalue weighted by molar-refractivity contribution is 6.31. The molecule has 2 unspecified atom stereocenters. The molecule has 0 amide bonds. The molecule has 4 atom stereocenters. The van der Waals surface area contributed by atoms with Gasteiger partial charge in [-0.25, -0.2) is 0 Å². The minimum Gasteiger partial charge on any atom is -0.494 e. The maximum absolute atomic E-state index is 10.3. The van der Waals surface area contributed by atoms with E-state index in [0.29, 0.717) is 23.6 Å². The second-order valence-electron chi connectivity index (χ2n) is 6.54. The molecule has 3 N–H and O–H groups in total. The van der Waals surface area contributed by atoms with Crippen molar-refractivity contribution in [2.75, 3.05) is 6.61 Å². The van der Waals surface area contributed by atoms with E-state index in [9.17, 15) is 15.3 Å². The van der Waals surface area contributed by atoms with Crippen molar-refractivity contribution in [3.8, 4) is 5.75 Å². The lowest BCUT2D eigenvalue weighted by molar-refractivity contribution is -0.157. The average Bonchev–Trinajstić information content (AvgIpc) is 2.66. The van der Waals surface area contributed by atoms with Crippen molar-refractivity contribution in [1.29, 1.82) is 0 Å². The number of hydrogen-bond acceptors (Lipinski definition) is 5. The van der Waals surface area contributed by atoms with Crippen molar-refractivity contribution in [1.82, 2.24) is 0 Å². The minimum atomic E-state index is -1.36. The summed E-state index contributed by atoms with van der Waals surface area (Å²) < 4.78 is 11.0. The quantitative estimate of drug-likeness (QED) is 0.731. The largest absolute Gasteiger partial charge is 0.494 e. The number of ether oxygens (including phenoxy) is 2. The number of aliphatic hydroxyl groups excluding tert-OH is 3. The van der Waals surface area contributed by atoms with Crippen molar-refractivity contribution in [2.45, 2.75) is 37.8 Å². The van der Waals surface area contributed by atoms with Crippen molar-refractivity contribution in [2.24, 2.45) is 0 Å². The molecule has 1 aliphatic heterocycles. The molecule has 1 fully saturated rings. The highest BCUT2D eigenvalue weighted by atomic mass is 35.5. The van der Waals surface area contributed by atoms with E-state index in [1.54, 1.807) is 12.1 Å². The zero-order valence-corrected chi connectivity index (χ0v) is 15.8. The molecule has 0 bridgehead atoms. The molecule has 5 nitrogen and oxygen atoms in total. The van der Waals surface area contributed by atoms with Gasteiger partial charge in [0.05, 0.1) is 6.61 Å². The van der Waals surface area contributed by atoms with Crippen LogP contribution in [0, 0.1) is 0 Å². The van der Waals surface area contributed by atoms with Crippen LogP contribution >= 0.6 is 11.6 Å². The van der Waals surface area contributed by atoms with E-state index < -0.39 is 24.4 Å². The molecule has 144 valence electrons. The monoisotopic (exact) mass is 390 g/mol. The summed E-state index contributed by atoms with van der Waals surface area (Å²) in [5.74, 6) is 0.840. The van der Waals surface area contributed by atoms with Gasteiger partial charge < -0.3 is 24.8 Å². The second-order valence-corrected chi connectivity index (χ2v) is 6.94. The Balaban J connectivity index is 1.83. The summed E-state index contributed by atoms with van der Waals surface area (Å²) in [5.41, 5.74) is 2.57. The van der Waals surface area contributed by atoms with Gasteiger partial charge in [-0.1, -0.05) is 42.4 Å². The molecule has 1 aliphatic rings. The average molecular weight is 391 g/mol. The SMILES string of the molecule is C=C1O[C@@H](c2ccc(Cl)c(Cc3ccc(OCC)cc3)c2)[C@H](O)C(O)C1O. The second kappa shape index (κ2) is 8.31. The zero-order valence-electron chi connectivity index (χ0n) is 15.0. The first-order chi connectivity index (χ1) is 12.9. The van der Waals surface area contributed by atoms with Gasteiger partial charge in [0.1, 0.15) is 29.8 Å². The maximum atomic E-state index is 10.3. The highest BCUT2D eigenvalue weighted by Crippen LogP contribution is 2.35. The summed E-state index contributed by atoms with van der Waals surface area (Å²) in [6.07, 6.45) is -4.18. The van der Waals surface area contributed by atoms with E-state index in [1.807, 2.05) is 37.3 Å². The number of rotatable bonds is 5. The highest BCUT2D eigenvalue weighted by Gasteiger charge is 2.41. The van der Waals surface area contributed by atoms with Crippen LogP contribution in [-0.2, 0) is 11.2 Å². The van der Waals surface area contributed by atoms with Gasteiger partial charge in [0.15, 0.2) is 6.10 Å². The van der Waals surface area contributed by atoms with Gasteiger partial charge in [0, 0.05) is 5.02 Å². The molecule has 0 aliphatic carbocycles. The van der Waals surface area contributed by atoms with Gasteiger partial charge in [-0.15, -0.1) is 0 Å². The van der Waals surface area contributed by atoms with Crippen LogP contribution in [0.1, 0.15) is 29.7 Å². The van der Waals surface area contributed by atoms with Crippen LogP contribution in [-0.4, -0.2) is 40.2 Å². The fourth-order valence-electron chi connectivity index (χ4n) is 3.12.